The molecule has 1 unspecified atom stereocenters. The van der Waals surface area contributed by atoms with Crippen molar-refractivity contribution in [1.29, 1.82) is 0 Å². The smallest absolute Gasteiger partial charge is 0.271 e. The van der Waals surface area contributed by atoms with E-state index in [1.807, 2.05) is 18.2 Å². The molecule has 180 valence electrons. The van der Waals surface area contributed by atoms with Crippen molar-refractivity contribution in [3.05, 3.63) is 83.2 Å². The van der Waals surface area contributed by atoms with Gasteiger partial charge in [-0.3, -0.25) is 14.4 Å². The normalized spacial score (nSPS) is 16.1. The van der Waals surface area contributed by atoms with E-state index in [0.717, 1.165) is 24.6 Å². The van der Waals surface area contributed by atoms with E-state index in [1.165, 1.54) is 29.7 Å². The summed E-state index contributed by atoms with van der Waals surface area (Å²) in [4.78, 5) is 15.2. The highest BCUT2D eigenvalue weighted by Crippen LogP contribution is 2.26. The number of carbonyl (C=O) groups is 1. The number of carbonyl (C=O) groups excluding carboxylic acids is 1. The van der Waals surface area contributed by atoms with Crippen molar-refractivity contribution in [2.75, 3.05) is 24.4 Å². The number of nitrogens with one attached hydrogen (secondary N) is 2. The lowest BCUT2D eigenvalue weighted by atomic mass is 9.95. The lowest BCUT2D eigenvalue weighted by Crippen LogP contribution is -2.42. The van der Waals surface area contributed by atoms with Gasteiger partial charge in [0.2, 0.25) is 5.91 Å². The summed E-state index contributed by atoms with van der Waals surface area (Å²) in [6.45, 7) is 4.95. The van der Waals surface area contributed by atoms with Crippen LogP contribution in [0.3, 0.4) is 0 Å². The fourth-order valence-electron chi connectivity index (χ4n) is 4.24. The van der Waals surface area contributed by atoms with Gasteiger partial charge in [0.25, 0.3) is 10.0 Å². The van der Waals surface area contributed by atoms with Crippen LogP contribution in [0.1, 0.15) is 36.9 Å². The molecule has 1 aliphatic rings. The Labute approximate surface area is 206 Å². The van der Waals surface area contributed by atoms with Crippen LogP contribution in [0.15, 0.2) is 76.3 Å². The number of hydrogen-bond donors (Lipinski definition) is 2. The van der Waals surface area contributed by atoms with Crippen LogP contribution in [0.25, 0.3) is 0 Å². The third-order valence-electron chi connectivity index (χ3n) is 6.27. The molecule has 8 heteroatoms. The molecule has 2 aromatic carbocycles. The number of hydrogen-bond acceptors (Lipinski definition) is 5. The Morgan fingerprint density at radius 3 is 2.38 bits per heavy atom. The van der Waals surface area contributed by atoms with Crippen LogP contribution in [-0.4, -0.2) is 38.9 Å². The number of thiophene rings is 1. The van der Waals surface area contributed by atoms with Crippen molar-refractivity contribution in [3.8, 4) is 0 Å². The number of amides is 1. The number of benzene rings is 2. The van der Waals surface area contributed by atoms with E-state index in [-0.39, 0.29) is 22.6 Å². The SMILES string of the molecule is CC1CCN(C(CNC(=O)Cc2ccc(NS(=O)(=O)c3cccs3)cc2)c2ccccc2)CC1. The van der Waals surface area contributed by atoms with Crippen molar-refractivity contribution in [2.45, 2.75) is 36.4 Å². The number of rotatable bonds is 9. The second kappa shape index (κ2) is 11.2. The van der Waals surface area contributed by atoms with Gasteiger partial charge in [-0.2, -0.15) is 0 Å². The predicted octanol–water partition coefficient (Wildman–Crippen LogP) is 4.68. The highest BCUT2D eigenvalue weighted by molar-refractivity contribution is 7.94. The molecule has 3 aromatic rings. The summed E-state index contributed by atoms with van der Waals surface area (Å²) < 4.78 is 27.6. The fourth-order valence-corrected chi connectivity index (χ4v) is 6.30. The number of anilines is 1. The maximum absolute atomic E-state index is 12.7. The summed E-state index contributed by atoms with van der Waals surface area (Å²) in [5.74, 6) is 0.707. The molecular weight excluding hydrogens is 466 g/mol. The van der Waals surface area contributed by atoms with Crippen LogP contribution in [0, 0.1) is 5.92 Å². The zero-order chi connectivity index (χ0) is 24.0. The van der Waals surface area contributed by atoms with Crippen molar-refractivity contribution >= 4 is 33.0 Å². The average molecular weight is 498 g/mol. The highest BCUT2D eigenvalue weighted by Gasteiger charge is 2.25. The minimum absolute atomic E-state index is 0.0433. The number of piperidine rings is 1. The molecule has 1 fully saturated rings. The summed E-state index contributed by atoms with van der Waals surface area (Å²) in [5, 5.41) is 4.85. The molecule has 0 aliphatic carbocycles. The Morgan fingerprint density at radius 2 is 1.74 bits per heavy atom. The van der Waals surface area contributed by atoms with Crippen LogP contribution in [0.5, 0.6) is 0 Å². The maximum Gasteiger partial charge on any atom is 0.271 e. The van der Waals surface area contributed by atoms with Gasteiger partial charge < -0.3 is 5.32 Å². The van der Waals surface area contributed by atoms with Crippen molar-refractivity contribution in [2.24, 2.45) is 5.92 Å². The zero-order valence-corrected chi connectivity index (χ0v) is 20.9. The monoisotopic (exact) mass is 497 g/mol. The second-order valence-corrected chi connectivity index (χ2v) is 11.7. The largest absolute Gasteiger partial charge is 0.354 e. The van der Waals surface area contributed by atoms with Crippen molar-refractivity contribution in [1.82, 2.24) is 10.2 Å². The van der Waals surface area contributed by atoms with Crippen molar-refractivity contribution < 1.29 is 13.2 Å². The Hall–Kier alpha value is -2.68. The Bertz CT molecular complexity index is 1160. The molecule has 1 aromatic heterocycles. The average Bonchev–Trinajstić information content (AvgIpc) is 3.38. The minimum atomic E-state index is -3.58. The van der Waals surface area contributed by atoms with E-state index in [4.69, 9.17) is 0 Å². The molecule has 1 atom stereocenters. The third-order valence-corrected chi connectivity index (χ3v) is 9.05. The van der Waals surface area contributed by atoms with Crippen LogP contribution in [-0.2, 0) is 21.2 Å². The zero-order valence-electron chi connectivity index (χ0n) is 19.3. The van der Waals surface area contributed by atoms with E-state index >= 15 is 0 Å². The molecule has 2 heterocycles. The summed E-state index contributed by atoms with van der Waals surface area (Å²) >= 11 is 1.17. The number of sulfonamides is 1. The molecule has 4 rings (SSSR count). The molecule has 1 amide bonds. The lowest BCUT2D eigenvalue weighted by molar-refractivity contribution is -0.120. The Morgan fingerprint density at radius 1 is 1.03 bits per heavy atom. The first-order valence-corrected chi connectivity index (χ1v) is 14.0. The van der Waals surface area contributed by atoms with Gasteiger partial charge in [-0.05, 0) is 66.6 Å². The minimum Gasteiger partial charge on any atom is -0.354 e. The molecule has 0 radical (unpaired) electrons. The van der Waals surface area contributed by atoms with Gasteiger partial charge in [-0.25, -0.2) is 8.42 Å². The molecule has 0 spiro atoms. The van der Waals surface area contributed by atoms with Gasteiger partial charge in [0, 0.05) is 12.2 Å². The first kappa shape index (κ1) is 24.4. The van der Waals surface area contributed by atoms with Gasteiger partial charge in [-0.1, -0.05) is 55.5 Å². The van der Waals surface area contributed by atoms with E-state index in [0.29, 0.717) is 12.2 Å². The maximum atomic E-state index is 12.7. The first-order chi connectivity index (χ1) is 16.4. The Balaban J connectivity index is 1.34. The molecule has 1 aliphatic heterocycles. The number of nitrogens with zero attached hydrogens (tertiary/aromatic N) is 1. The van der Waals surface area contributed by atoms with Gasteiger partial charge >= 0.3 is 0 Å². The van der Waals surface area contributed by atoms with Gasteiger partial charge in [-0.15, -0.1) is 11.3 Å². The molecule has 34 heavy (non-hydrogen) atoms. The molecular formula is C26H31N3O3S2. The molecule has 0 saturated carbocycles. The molecule has 2 N–H and O–H groups in total. The van der Waals surface area contributed by atoms with Gasteiger partial charge in [0.1, 0.15) is 4.21 Å². The molecule has 1 saturated heterocycles. The van der Waals surface area contributed by atoms with Gasteiger partial charge in [0.15, 0.2) is 0 Å². The first-order valence-electron chi connectivity index (χ1n) is 11.6. The quantitative estimate of drug-likeness (QED) is 0.450. The van der Waals surface area contributed by atoms with E-state index in [1.54, 1.807) is 41.8 Å². The van der Waals surface area contributed by atoms with E-state index in [9.17, 15) is 13.2 Å². The molecule has 6 nitrogen and oxygen atoms in total. The molecule has 0 bridgehead atoms. The van der Waals surface area contributed by atoms with Crippen LogP contribution >= 0.6 is 11.3 Å². The Kier molecular flexibility index (Phi) is 8.03. The van der Waals surface area contributed by atoms with Crippen LogP contribution in [0.2, 0.25) is 0 Å². The fraction of sp³-hybridized carbons (Fsp3) is 0.346. The topological polar surface area (TPSA) is 78.5 Å². The third kappa shape index (κ3) is 6.46. The van der Waals surface area contributed by atoms with Crippen molar-refractivity contribution in [3.63, 3.8) is 0 Å². The summed E-state index contributed by atoms with van der Waals surface area (Å²) in [5.41, 5.74) is 2.53. The highest BCUT2D eigenvalue weighted by atomic mass is 32.2. The summed E-state index contributed by atoms with van der Waals surface area (Å²) in [6, 6.07) is 20.7. The standard InChI is InChI=1S/C26H31N3O3S2/c1-20-13-15-29(16-14-20)24(22-6-3-2-4-7-22)19-27-25(30)18-21-9-11-23(12-10-21)28-34(31,32)26-8-5-17-33-26/h2-12,17,20,24,28H,13-16,18-19H2,1H3,(H,27,30). The summed E-state index contributed by atoms with van der Waals surface area (Å²) in [6.07, 6.45) is 2.61. The van der Waals surface area contributed by atoms with E-state index in [2.05, 4.69) is 34.0 Å². The second-order valence-electron chi connectivity index (χ2n) is 8.86. The lowest BCUT2D eigenvalue weighted by Gasteiger charge is -2.37. The van der Waals surface area contributed by atoms with Gasteiger partial charge in [0.05, 0.1) is 12.5 Å². The van der Waals surface area contributed by atoms with Crippen LogP contribution in [0.4, 0.5) is 5.69 Å². The predicted molar refractivity (Wildman–Crippen MR) is 137 cm³/mol. The summed E-state index contributed by atoms with van der Waals surface area (Å²) in [7, 11) is -3.58. The van der Waals surface area contributed by atoms with E-state index < -0.39 is 10.0 Å². The number of likely N-dealkylation sites (tertiary alicyclic amines) is 1. The van der Waals surface area contributed by atoms with Crippen LogP contribution < -0.4 is 10.0 Å².